The molecule has 0 spiro atoms. The Morgan fingerprint density at radius 1 is 0.767 bits per heavy atom. The molecule has 4 aromatic carbocycles. The Bertz CT molecular complexity index is 1660. The van der Waals surface area contributed by atoms with Gasteiger partial charge in [0.1, 0.15) is 0 Å². The number of aromatic nitrogens is 1. The quantitative estimate of drug-likeness (QED) is 0.153. The molecule has 1 heterocycles. The van der Waals surface area contributed by atoms with Gasteiger partial charge in [0.2, 0.25) is 0 Å². The Kier molecular flexibility index (Phi) is 10.6. The smallest absolute Gasteiger partial charge is 0.672 e. The van der Waals surface area contributed by atoms with Crippen LogP contribution in [0.2, 0.25) is 0 Å². The molecule has 0 N–H and O–H groups in total. The van der Waals surface area contributed by atoms with Crippen LogP contribution in [0.15, 0.2) is 84.9 Å². The maximum Gasteiger partial charge on any atom is 3.00 e. The van der Waals surface area contributed by atoms with Crippen molar-refractivity contribution in [2.24, 2.45) is 5.92 Å². The third kappa shape index (κ3) is 7.10. The first kappa shape index (κ1) is 33.0. The van der Waals surface area contributed by atoms with Gasteiger partial charge in [-0.3, -0.25) is 4.98 Å². The summed E-state index contributed by atoms with van der Waals surface area (Å²) in [7, 11) is 0. The van der Waals surface area contributed by atoms with Crippen molar-refractivity contribution in [2.75, 3.05) is 0 Å². The van der Waals surface area contributed by atoms with E-state index < -0.39 is 0 Å². The van der Waals surface area contributed by atoms with Crippen molar-refractivity contribution in [1.82, 2.24) is 4.98 Å². The second-order valence-electron chi connectivity index (χ2n) is 13.0. The van der Waals surface area contributed by atoms with Crippen LogP contribution in [-0.4, -0.2) is 17.1 Å². The largest absolute Gasteiger partial charge is 3.00 e. The Labute approximate surface area is 272 Å². The van der Waals surface area contributed by atoms with E-state index in [1.54, 1.807) is 0 Å². The molecule has 6 rings (SSSR count). The molecule has 4 heteroatoms. The molecule has 0 unspecified atom stereocenters. The summed E-state index contributed by atoms with van der Waals surface area (Å²) in [5.41, 5.74) is 8.52. The van der Waals surface area contributed by atoms with Gasteiger partial charge in [-0.05, 0) is 29.7 Å². The van der Waals surface area contributed by atoms with Gasteiger partial charge in [-0.15, -0.1) is 41.2 Å². The standard InChI is InChI=1S/C26H24N.C13H20N2.Ir/c1-16(2)14-18-10-7-13-23-20(18)15-22-25(27-23)19-11-5-8-17-9-6-12-21(24(17)19)26(22,3)4;1-10(2)14-13(15-11(3)4)12-8-6-5-7-9-12;/h5-10,12-13,15-16H,14H2,1-4H3;5-11,13H,1-4H3;/q-1;-2;+3. The molecule has 1 aromatic heterocycles. The Balaban J connectivity index is 0.000000228. The number of rotatable bonds is 7. The van der Waals surface area contributed by atoms with Gasteiger partial charge in [-0.25, -0.2) is 6.17 Å². The predicted octanol–water partition coefficient (Wildman–Crippen LogP) is 10.9. The average Bonchev–Trinajstić information content (AvgIpc) is 2.95. The van der Waals surface area contributed by atoms with E-state index in [1.165, 1.54) is 38.4 Å². The zero-order valence-electron chi connectivity index (χ0n) is 26.8. The number of benzene rings is 4. The van der Waals surface area contributed by atoms with Gasteiger partial charge in [-0.2, -0.15) is 0 Å². The first-order valence-electron chi connectivity index (χ1n) is 15.4. The fraction of sp³-hybridized carbons (Fsp3) is 0.359. The van der Waals surface area contributed by atoms with Crippen molar-refractivity contribution in [2.45, 2.75) is 85.5 Å². The minimum atomic E-state index is -0.0802. The van der Waals surface area contributed by atoms with Gasteiger partial charge in [-0.1, -0.05) is 144 Å². The number of pyridine rings is 1. The number of nitrogens with zero attached hydrogens (tertiary/aromatic N) is 3. The monoisotopic (exact) mass is 747 g/mol. The van der Waals surface area contributed by atoms with Crippen LogP contribution < -0.4 is 0 Å². The summed E-state index contributed by atoms with van der Waals surface area (Å²) in [6.07, 6.45) is 1.07. The fourth-order valence-corrected chi connectivity index (χ4v) is 6.07. The maximum atomic E-state index is 5.17. The molecule has 0 bridgehead atoms. The zero-order chi connectivity index (χ0) is 30.0. The van der Waals surface area contributed by atoms with Crippen LogP contribution in [0, 0.1) is 12.0 Å². The molecule has 5 aromatic rings. The van der Waals surface area contributed by atoms with Crippen molar-refractivity contribution in [3.63, 3.8) is 0 Å². The summed E-state index contributed by atoms with van der Waals surface area (Å²) in [5.74, 6) is 0.627. The fourth-order valence-electron chi connectivity index (χ4n) is 6.07. The van der Waals surface area contributed by atoms with E-state index in [2.05, 4.69) is 133 Å². The van der Waals surface area contributed by atoms with Crippen LogP contribution in [0.4, 0.5) is 0 Å². The van der Waals surface area contributed by atoms with Crippen molar-refractivity contribution in [3.05, 3.63) is 124 Å². The van der Waals surface area contributed by atoms with Crippen LogP contribution in [0.3, 0.4) is 0 Å². The Morgan fingerprint density at radius 3 is 2.09 bits per heavy atom. The first-order chi connectivity index (χ1) is 20.1. The summed E-state index contributed by atoms with van der Waals surface area (Å²) in [6.45, 7) is 17.6. The second kappa shape index (κ2) is 13.8. The van der Waals surface area contributed by atoms with E-state index in [4.69, 9.17) is 4.98 Å². The van der Waals surface area contributed by atoms with E-state index in [-0.39, 0.29) is 31.7 Å². The molecule has 3 nitrogen and oxygen atoms in total. The van der Waals surface area contributed by atoms with Crippen LogP contribution in [0.25, 0.3) is 43.6 Å². The number of hydrogen-bond acceptors (Lipinski definition) is 1. The number of hydrogen-bond donors (Lipinski definition) is 0. The van der Waals surface area contributed by atoms with Crippen LogP contribution in [0.1, 0.15) is 83.8 Å². The Morgan fingerprint density at radius 2 is 1.44 bits per heavy atom. The van der Waals surface area contributed by atoms with Gasteiger partial charge in [0.15, 0.2) is 0 Å². The molecule has 0 radical (unpaired) electrons. The van der Waals surface area contributed by atoms with Gasteiger partial charge >= 0.3 is 20.1 Å². The summed E-state index contributed by atoms with van der Waals surface area (Å²) < 4.78 is 0. The van der Waals surface area contributed by atoms with E-state index in [9.17, 15) is 0 Å². The summed E-state index contributed by atoms with van der Waals surface area (Å²) in [6, 6.07) is 34.2. The minimum absolute atomic E-state index is 0. The van der Waals surface area contributed by atoms with Crippen molar-refractivity contribution in [3.8, 4) is 11.3 Å². The van der Waals surface area contributed by atoms with E-state index in [0.29, 0.717) is 18.0 Å². The summed E-state index contributed by atoms with van der Waals surface area (Å²) in [4.78, 5) is 5.17. The minimum Gasteiger partial charge on any atom is -0.672 e. The molecule has 0 aliphatic heterocycles. The predicted molar refractivity (Wildman–Crippen MR) is 180 cm³/mol. The molecule has 0 fully saturated rings. The van der Waals surface area contributed by atoms with Gasteiger partial charge in [0.25, 0.3) is 0 Å². The normalized spacial score (nSPS) is 13.3. The molecule has 1 aliphatic carbocycles. The van der Waals surface area contributed by atoms with Crippen LogP contribution in [0.5, 0.6) is 0 Å². The third-order valence-corrected chi connectivity index (χ3v) is 7.97. The third-order valence-electron chi connectivity index (χ3n) is 7.97. The first-order valence-corrected chi connectivity index (χ1v) is 15.4. The van der Waals surface area contributed by atoms with Gasteiger partial charge < -0.3 is 10.6 Å². The topological polar surface area (TPSA) is 41.1 Å². The van der Waals surface area contributed by atoms with Crippen LogP contribution >= 0.6 is 0 Å². The second-order valence-corrected chi connectivity index (χ2v) is 13.0. The molecule has 1 aliphatic rings. The van der Waals surface area contributed by atoms with Crippen molar-refractivity contribution in [1.29, 1.82) is 0 Å². The molecule has 224 valence electrons. The average molecular weight is 747 g/mol. The van der Waals surface area contributed by atoms with E-state index in [0.717, 1.165) is 23.2 Å². The molecule has 0 saturated carbocycles. The van der Waals surface area contributed by atoms with Crippen molar-refractivity contribution < 1.29 is 20.1 Å². The van der Waals surface area contributed by atoms with E-state index >= 15 is 0 Å². The Hall–Kier alpha value is -2.88. The maximum absolute atomic E-state index is 5.17. The summed E-state index contributed by atoms with van der Waals surface area (Å²) >= 11 is 0. The molecule has 0 saturated heterocycles. The molecule has 43 heavy (non-hydrogen) atoms. The van der Waals surface area contributed by atoms with Gasteiger partial charge in [0.05, 0.1) is 5.52 Å². The molecular weight excluding hydrogens is 703 g/mol. The van der Waals surface area contributed by atoms with Crippen LogP contribution in [-0.2, 0) is 31.9 Å². The molecular formula is C39H44IrN3. The van der Waals surface area contributed by atoms with E-state index in [1.807, 2.05) is 24.3 Å². The SMILES string of the molecule is CC(C)Cc1cccc2nc3c(cc12)C(C)(C)c1cccc2cc[c-]c-3c12.CC(C)[N-]C([N-]C(C)C)c1ccccc1.[Ir+3]. The van der Waals surface area contributed by atoms with Gasteiger partial charge in [0, 0.05) is 10.8 Å². The van der Waals surface area contributed by atoms with Crippen molar-refractivity contribution >= 4 is 21.7 Å². The molecule has 0 atom stereocenters. The molecule has 0 amide bonds. The zero-order valence-corrected chi connectivity index (χ0v) is 29.2. The summed E-state index contributed by atoms with van der Waals surface area (Å²) in [5, 5.41) is 13.1. The number of fused-ring (bicyclic) bond motifs is 3.